The molecule has 17 heavy (non-hydrogen) atoms. The Morgan fingerprint density at radius 1 is 1.35 bits per heavy atom. The van der Waals surface area contributed by atoms with Crippen molar-refractivity contribution in [1.29, 1.82) is 0 Å². The lowest BCUT2D eigenvalue weighted by atomic mass is 9.90. The predicted molar refractivity (Wildman–Crippen MR) is 69.1 cm³/mol. The SMILES string of the molecule is CC1CNC(C)(C2CC2)CN1CC1CCOC1. The van der Waals surface area contributed by atoms with Crippen molar-refractivity contribution in [2.45, 2.75) is 44.7 Å². The summed E-state index contributed by atoms with van der Waals surface area (Å²) in [6.07, 6.45) is 4.12. The molecule has 0 aromatic carbocycles. The van der Waals surface area contributed by atoms with E-state index in [-0.39, 0.29) is 0 Å². The molecular weight excluding hydrogens is 212 g/mol. The van der Waals surface area contributed by atoms with Gasteiger partial charge in [-0.25, -0.2) is 0 Å². The lowest BCUT2D eigenvalue weighted by molar-refractivity contribution is 0.0659. The van der Waals surface area contributed by atoms with Crippen LogP contribution in [-0.4, -0.2) is 49.3 Å². The molecule has 3 rings (SSSR count). The largest absolute Gasteiger partial charge is 0.381 e. The van der Waals surface area contributed by atoms with Crippen LogP contribution in [0.4, 0.5) is 0 Å². The quantitative estimate of drug-likeness (QED) is 0.806. The van der Waals surface area contributed by atoms with Gasteiger partial charge in [0.05, 0.1) is 6.61 Å². The van der Waals surface area contributed by atoms with Crippen LogP contribution in [0.2, 0.25) is 0 Å². The minimum Gasteiger partial charge on any atom is -0.381 e. The molecule has 1 saturated carbocycles. The molecule has 0 amide bonds. The van der Waals surface area contributed by atoms with Gasteiger partial charge in [-0.15, -0.1) is 0 Å². The Bertz CT molecular complexity index is 273. The molecule has 0 bridgehead atoms. The highest BCUT2D eigenvalue weighted by Gasteiger charge is 2.45. The van der Waals surface area contributed by atoms with E-state index in [1.54, 1.807) is 0 Å². The average molecular weight is 238 g/mol. The maximum atomic E-state index is 5.50. The standard InChI is InChI=1S/C14H26N2O/c1-11-7-15-14(2,13-3-4-13)10-16(11)8-12-5-6-17-9-12/h11-13,15H,3-10H2,1-2H3. The zero-order valence-electron chi connectivity index (χ0n) is 11.2. The van der Waals surface area contributed by atoms with E-state index in [4.69, 9.17) is 4.74 Å². The maximum Gasteiger partial charge on any atom is 0.0507 e. The van der Waals surface area contributed by atoms with Crippen molar-refractivity contribution in [2.24, 2.45) is 11.8 Å². The molecule has 0 aromatic rings. The number of ether oxygens (including phenoxy) is 1. The summed E-state index contributed by atoms with van der Waals surface area (Å²) in [5.41, 5.74) is 0.381. The molecule has 98 valence electrons. The molecule has 3 unspecified atom stereocenters. The third-order valence-electron chi connectivity index (χ3n) is 4.95. The Morgan fingerprint density at radius 3 is 2.82 bits per heavy atom. The molecule has 0 radical (unpaired) electrons. The summed E-state index contributed by atoms with van der Waals surface area (Å²) in [7, 11) is 0. The Morgan fingerprint density at radius 2 is 2.18 bits per heavy atom. The molecule has 2 heterocycles. The van der Waals surface area contributed by atoms with Gasteiger partial charge in [-0.3, -0.25) is 4.90 Å². The average Bonchev–Trinajstić information content (AvgIpc) is 3.05. The van der Waals surface area contributed by atoms with Crippen molar-refractivity contribution < 1.29 is 4.74 Å². The van der Waals surface area contributed by atoms with E-state index in [2.05, 4.69) is 24.1 Å². The summed E-state index contributed by atoms with van der Waals surface area (Å²) in [5.74, 6) is 1.70. The molecule has 1 N–H and O–H groups in total. The van der Waals surface area contributed by atoms with Crippen LogP contribution in [0.25, 0.3) is 0 Å². The first-order chi connectivity index (χ1) is 8.17. The molecule has 2 aliphatic heterocycles. The van der Waals surface area contributed by atoms with Crippen LogP contribution in [0.1, 0.15) is 33.1 Å². The lowest BCUT2D eigenvalue weighted by Crippen LogP contribution is -2.63. The van der Waals surface area contributed by atoms with Gasteiger partial charge >= 0.3 is 0 Å². The van der Waals surface area contributed by atoms with Gasteiger partial charge in [0, 0.05) is 37.8 Å². The van der Waals surface area contributed by atoms with Crippen molar-refractivity contribution in [3.63, 3.8) is 0 Å². The Balaban J connectivity index is 1.60. The van der Waals surface area contributed by atoms with Crippen LogP contribution in [0.15, 0.2) is 0 Å². The summed E-state index contributed by atoms with van der Waals surface area (Å²) >= 11 is 0. The fourth-order valence-electron chi connectivity index (χ4n) is 3.44. The third-order valence-corrected chi connectivity index (χ3v) is 4.95. The smallest absolute Gasteiger partial charge is 0.0507 e. The fourth-order valence-corrected chi connectivity index (χ4v) is 3.44. The van der Waals surface area contributed by atoms with Crippen LogP contribution < -0.4 is 5.32 Å². The normalized spacial score (nSPS) is 44.1. The summed E-state index contributed by atoms with van der Waals surface area (Å²) < 4.78 is 5.50. The highest BCUT2D eigenvalue weighted by atomic mass is 16.5. The molecule has 3 heteroatoms. The highest BCUT2D eigenvalue weighted by molar-refractivity contribution is 5.03. The Hall–Kier alpha value is -0.120. The van der Waals surface area contributed by atoms with Gasteiger partial charge in [-0.2, -0.15) is 0 Å². The van der Waals surface area contributed by atoms with Crippen molar-refractivity contribution in [1.82, 2.24) is 10.2 Å². The summed E-state index contributed by atoms with van der Waals surface area (Å²) in [6.45, 7) is 10.4. The minimum absolute atomic E-state index is 0.381. The van der Waals surface area contributed by atoms with E-state index in [1.807, 2.05) is 0 Å². The fraction of sp³-hybridized carbons (Fsp3) is 1.00. The van der Waals surface area contributed by atoms with E-state index in [1.165, 1.54) is 32.4 Å². The van der Waals surface area contributed by atoms with Gasteiger partial charge in [0.25, 0.3) is 0 Å². The molecular formula is C14H26N2O. The maximum absolute atomic E-state index is 5.50. The van der Waals surface area contributed by atoms with Crippen molar-refractivity contribution in [3.8, 4) is 0 Å². The molecule has 3 aliphatic rings. The molecule has 3 atom stereocenters. The first kappa shape index (κ1) is 11.9. The van der Waals surface area contributed by atoms with Crippen LogP contribution in [0.3, 0.4) is 0 Å². The molecule has 3 fully saturated rings. The van der Waals surface area contributed by atoms with Gasteiger partial charge in [0.1, 0.15) is 0 Å². The number of piperazine rings is 1. The molecule has 3 nitrogen and oxygen atoms in total. The number of rotatable bonds is 3. The van der Waals surface area contributed by atoms with E-state index >= 15 is 0 Å². The number of hydrogen-bond acceptors (Lipinski definition) is 3. The van der Waals surface area contributed by atoms with E-state index in [0.29, 0.717) is 11.6 Å². The van der Waals surface area contributed by atoms with Crippen molar-refractivity contribution >= 4 is 0 Å². The van der Waals surface area contributed by atoms with E-state index < -0.39 is 0 Å². The second-order valence-corrected chi connectivity index (χ2v) is 6.58. The summed E-state index contributed by atoms with van der Waals surface area (Å²) in [6, 6.07) is 0.683. The molecule has 1 aliphatic carbocycles. The zero-order chi connectivity index (χ0) is 11.9. The number of nitrogens with one attached hydrogen (secondary N) is 1. The first-order valence-electron chi connectivity index (χ1n) is 7.24. The number of hydrogen-bond donors (Lipinski definition) is 1. The minimum atomic E-state index is 0.381. The number of nitrogens with zero attached hydrogens (tertiary/aromatic N) is 1. The molecule has 0 aromatic heterocycles. The van der Waals surface area contributed by atoms with E-state index in [9.17, 15) is 0 Å². The van der Waals surface area contributed by atoms with Crippen molar-refractivity contribution in [2.75, 3.05) is 32.8 Å². The first-order valence-corrected chi connectivity index (χ1v) is 7.24. The second kappa shape index (κ2) is 4.52. The van der Waals surface area contributed by atoms with Gasteiger partial charge in [-0.05, 0) is 44.9 Å². The van der Waals surface area contributed by atoms with Crippen LogP contribution >= 0.6 is 0 Å². The Kier molecular flexibility index (Phi) is 3.18. The lowest BCUT2D eigenvalue weighted by Gasteiger charge is -2.46. The second-order valence-electron chi connectivity index (χ2n) is 6.58. The summed E-state index contributed by atoms with van der Waals surface area (Å²) in [5, 5.41) is 3.79. The van der Waals surface area contributed by atoms with Crippen LogP contribution in [0, 0.1) is 11.8 Å². The van der Waals surface area contributed by atoms with Crippen LogP contribution in [-0.2, 0) is 4.74 Å². The zero-order valence-corrected chi connectivity index (χ0v) is 11.2. The highest BCUT2D eigenvalue weighted by Crippen LogP contribution is 2.41. The van der Waals surface area contributed by atoms with E-state index in [0.717, 1.165) is 31.6 Å². The van der Waals surface area contributed by atoms with Crippen LogP contribution in [0.5, 0.6) is 0 Å². The van der Waals surface area contributed by atoms with Gasteiger partial charge < -0.3 is 10.1 Å². The van der Waals surface area contributed by atoms with Crippen molar-refractivity contribution in [3.05, 3.63) is 0 Å². The topological polar surface area (TPSA) is 24.5 Å². The monoisotopic (exact) mass is 238 g/mol. The molecule has 2 saturated heterocycles. The third kappa shape index (κ3) is 2.51. The predicted octanol–water partition coefficient (Wildman–Crippen LogP) is 1.49. The summed E-state index contributed by atoms with van der Waals surface area (Å²) in [4.78, 5) is 2.70. The Labute approximate surface area is 105 Å². The van der Waals surface area contributed by atoms with Gasteiger partial charge in [0.2, 0.25) is 0 Å². The van der Waals surface area contributed by atoms with Gasteiger partial charge in [0.15, 0.2) is 0 Å². The van der Waals surface area contributed by atoms with Gasteiger partial charge in [-0.1, -0.05) is 0 Å². The molecule has 0 spiro atoms.